The number of halogens is 1. The van der Waals surface area contributed by atoms with Crippen LogP contribution in [0.4, 0.5) is 0 Å². The number of carbonyl (C=O) groups is 1. The van der Waals surface area contributed by atoms with Gasteiger partial charge in [0.25, 0.3) is 0 Å². The van der Waals surface area contributed by atoms with E-state index in [1.165, 1.54) is 12.3 Å². The van der Waals surface area contributed by atoms with Crippen LogP contribution >= 0.6 is 12.4 Å². The lowest BCUT2D eigenvalue weighted by Gasteiger charge is -2.08. The first-order valence-corrected chi connectivity index (χ1v) is 3.95. The molecule has 0 saturated heterocycles. The largest absolute Gasteiger partial charge is 0.491 e. The van der Waals surface area contributed by atoms with Crippen molar-refractivity contribution in [3.63, 3.8) is 0 Å². The van der Waals surface area contributed by atoms with Crippen molar-refractivity contribution in [1.82, 2.24) is 4.98 Å². The van der Waals surface area contributed by atoms with Crippen LogP contribution in [0.3, 0.4) is 0 Å². The zero-order valence-corrected chi connectivity index (χ0v) is 8.75. The van der Waals surface area contributed by atoms with Gasteiger partial charge in [-0.15, -0.1) is 12.4 Å². The summed E-state index contributed by atoms with van der Waals surface area (Å²) in [7, 11) is 0. The fourth-order valence-corrected chi connectivity index (χ4v) is 0.874. The lowest BCUT2D eigenvalue weighted by molar-refractivity contribution is 0.0689. The van der Waals surface area contributed by atoms with Crippen LogP contribution in [0.2, 0.25) is 0 Å². The molecule has 0 aliphatic heterocycles. The lowest BCUT2D eigenvalue weighted by Crippen LogP contribution is -2.07. The van der Waals surface area contributed by atoms with Crippen LogP contribution in [0.1, 0.15) is 24.3 Å². The van der Waals surface area contributed by atoms with Crippen LogP contribution in [0.5, 0.6) is 5.75 Å². The highest BCUT2D eigenvalue weighted by atomic mass is 35.5. The molecule has 0 radical (unpaired) electrons. The van der Waals surface area contributed by atoms with Gasteiger partial charge >= 0.3 is 5.97 Å². The molecule has 4 nitrogen and oxygen atoms in total. The minimum absolute atomic E-state index is 0. The molecule has 0 aliphatic rings. The van der Waals surface area contributed by atoms with Gasteiger partial charge in [-0.1, -0.05) is 0 Å². The fraction of sp³-hybridized carbons (Fsp3) is 0.333. The second-order valence-corrected chi connectivity index (χ2v) is 2.85. The van der Waals surface area contributed by atoms with Crippen LogP contribution in [-0.2, 0) is 0 Å². The highest BCUT2D eigenvalue weighted by Crippen LogP contribution is 2.12. The molecule has 0 fully saturated rings. The summed E-state index contributed by atoms with van der Waals surface area (Å²) in [6.45, 7) is 3.75. The van der Waals surface area contributed by atoms with E-state index in [4.69, 9.17) is 9.84 Å². The lowest BCUT2D eigenvalue weighted by atomic mass is 10.3. The molecule has 0 amide bonds. The van der Waals surface area contributed by atoms with Crippen molar-refractivity contribution >= 4 is 18.4 Å². The molecular formula is C9H12ClNO3. The second-order valence-electron chi connectivity index (χ2n) is 2.85. The molecule has 14 heavy (non-hydrogen) atoms. The second kappa shape index (κ2) is 5.44. The third kappa shape index (κ3) is 3.62. The molecule has 0 aromatic carbocycles. The quantitative estimate of drug-likeness (QED) is 0.841. The zero-order valence-electron chi connectivity index (χ0n) is 7.93. The molecule has 0 saturated carbocycles. The Kier molecular flexibility index (Phi) is 4.94. The summed E-state index contributed by atoms with van der Waals surface area (Å²) in [5, 5.41) is 8.63. The summed E-state index contributed by atoms with van der Waals surface area (Å²) in [5.41, 5.74) is -0.00171. The predicted octanol–water partition coefficient (Wildman–Crippen LogP) is 1.99. The van der Waals surface area contributed by atoms with E-state index in [1.54, 1.807) is 6.07 Å². The fourth-order valence-electron chi connectivity index (χ4n) is 0.874. The van der Waals surface area contributed by atoms with Crippen LogP contribution < -0.4 is 4.74 Å². The Labute approximate surface area is 88.3 Å². The molecule has 5 heteroatoms. The number of hydrogen-bond donors (Lipinski definition) is 1. The monoisotopic (exact) mass is 217 g/mol. The number of aromatic nitrogens is 1. The van der Waals surface area contributed by atoms with Crippen LogP contribution in [0.25, 0.3) is 0 Å². The van der Waals surface area contributed by atoms with Gasteiger partial charge in [0.15, 0.2) is 5.69 Å². The summed E-state index contributed by atoms with van der Waals surface area (Å²) in [6, 6.07) is 3.04. The Morgan fingerprint density at radius 2 is 2.21 bits per heavy atom. The van der Waals surface area contributed by atoms with Gasteiger partial charge in [-0.05, 0) is 19.9 Å². The molecule has 0 atom stereocenters. The van der Waals surface area contributed by atoms with Crippen LogP contribution in [0, 0.1) is 0 Å². The van der Waals surface area contributed by atoms with E-state index in [9.17, 15) is 4.79 Å². The number of pyridine rings is 1. The molecule has 0 aliphatic carbocycles. The average molecular weight is 218 g/mol. The topological polar surface area (TPSA) is 59.4 Å². The van der Waals surface area contributed by atoms with Gasteiger partial charge in [-0.25, -0.2) is 9.78 Å². The number of carboxylic acids is 1. The van der Waals surface area contributed by atoms with Gasteiger partial charge < -0.3 is 9.84 Å². The Hall–Kier alpha value is -1.29. The normalized spacial score (nSPS) is 9.36. The summed E-state index contributed by atoms with van der Waals surface area (Å²) in [4.78, 5) is 14.2. The first kappa shape index (κ1) is 12.7. The summed E-state index contributed by atoms with van der Waals surface area (Å²) >= 11 is 0. The van der Waals surface area contributed by atoms with Crippen molar-refractivity contribution in [2.24, 2.45) is 0 Å². The van der Waals surface area contributed by atoms with Crippen molar-refractivity contribution in [3.8, 4) is 5.75 Å². The third-order valence-electron chi connectivity index (χ3n) is 1.32. The average Bonchev–Trinajstić information content (AvgIpc) is 2.03. The Balaban J connectivity index is 0.00000169. The number of hydrogen-bond acceptors (Lipinski definition) is 3. The minimum atomic E-state index is -1.05. The molecule has 0 bridgehead atoms. The van der Waals surface area contributed by atoms with Crippen LogP contribution in [0.15, 0.2) is 18.3 Å². The molecule has 1 N–H and O–H groups in total. The van der Waals surface area contributed by atoms with Gasteiger partial charge in [0.1, 0.15) is 5.75 Å². The zero-order chi connectivity index (χ0) is 9.84. The Morgan fingerprint density at radius 1 is 1.57 bits per heavy atom. The van der Waals surface area contributed by atoms with Gasteiger partial charge in [0.05, 0.1) is 6.10 Å². The number of ether oxygens (including phenoxy) is 1. The number of carboxylic acid groups (broad SMARTS) is 1. The standard InChI is InChI=1S/C9H11NO3.ClH/c1-6(2)13-7-3-4-10-8(5-7)9(11)12;/h3-6H,1-2H3,(H,11,12);1H. The van der Waals surface area contributed by atoms with E-state index in [2.05, 4.69) is 4.98 Å². The molecule has 1 aromatic rings. The first-order chi connectivity index (χ1) is 6.09. The minimum Gasteiger partial charge on any atom is -0.491 e. The maximum Gasteiger partial charge on any atom is 0.354 e. The van der Waals surface area contributed by atoms with Crippen molar-refractivity contribution in [1.29, 1.82) is 0 Å². The molecule has 1 heterocycles. The first-order valence-electron chi connectivity index (χ1n) is 3.95. The molecule has 0 unspecified atom stereocenters. The van der Waals surface area contributed by atoms with Crippen molar-refractivity contribution < 1.29 is 14.6 Å². The Morgan fingerprint density at radius 3 is 2.71 bits per heavy atom. The van der Waals surface area contributed by atoms with E-state index in [-0.39, 0.29) is 24.2 Å². The maximum atomic E-state index is 10.5. The summed E-state index contributed by atoms with van der Waals surface area (Å²) < 4.78 is 5.30. The highest BCUT2D eigenvalue weighted by molar-refractivity contribution is 5.85. The van der Waals surface area contributed by atoms with Gasteiger partial charge in [-0.3, -0.25) is 0 Å². The summed E-state index contributed by atoms with van der Waals surface area (Å²) in [6.07, 6.45) is 1.45. The molecule has 1 rings (SSSR count). The summed E-state index contributed by atoms with van der Waals surface area (Å²) in [5.74, 6) is -0.517. The smallest absolute Gasteiger partial charge is 0.354 e. The highest BCUT2D eigenvalue weighted by Gasteiger charge is 2.05. The Bertz CT molecular complexity index is 315. The molecule has 0 spiro atoms. The molecule has 1 aromatic heterocycles. The SMILES string of the molecule is CC(C)Oc1ccnc(C(=O)O)c1.Cl. The van der Waals surface area contributed by atoms with E-state index >= 15 is 0 Å². The van der Waals surface area contributed by atoms with E-state index in [1.807, 2.05) is 13.8 Å². The van der Waals surface area contributed by atoms with Gasteiger partial charge in [0, 0.05) is 12.3 Å². The molecular weight excluding hydrogens is 206 g/mol. The van der Waals surface area contributed by atoms with E-state index < -0.39 is 5.97 Å². The van der Waals surface area contributed by atoms with Crippen molar-refractivity contribution in [2.75, 3.05) is 0 Å². The molecule has 78 valence electrons. The third-order valence-corrected chi connectivity index (χ3v) is 1.32. The maximum absolute atomic E-state index is 10.5. The van der Waals surface area contributed by atoms with Crippen molar-refractivity contribution in [2.45, 2.75) is 20.0 Å². The van der Waals surface area contributed by atoms with E-state index in [0.29, 0.717) is 5.75 Å². The van der Waals surface area contributed by atoms with Crippen LogP contribution in [-0.4, -0.2) is 22.2 Å². The van der Waals surface area contributed by atoms with Gasteiger partial charge in [-0.2, -0.15) is 0 Å². The number of aromatic carboxylic acids is 1. The van der Waals surface area contributed by atoms with Gasteiger partial charge in [0.2, 0.25) is 0 Å². The van der Waals surface area contributed by atoms with Crippen molar-refractivity contribution in [3.05, 3.63) is 24.0 Å². The number of nitrogens with zero attached hydrogens (tertiary/aromatic N) is 1. The van der Waals surface area contributed by atoms with E-state index in [0.717, 1.165) is 0 Å². The number of rotatable bonds is 3. The predicted molar refractivity (Wildman–Crippen MR) is 54.2 cm³/mol.